The third-order valence-electron chi connectivity index (χ3n) is 2.98. The Bertz CT molecular complexity index is 405. The molecule has 1 aliphatic rings. The second-order valence-corrected chi connectivity index (χ2v) is 4.11. The summed E-state index contributed by atoms with van der Waals surface area (Å²) in [6, 6.07) is 7.06. The van der Waals surface area contributed by atoms with E-state index in [0.717, 1.165) is 11.4 Å². The van der Waals surface area contributed by atoms with Crippen LogP contribution in [0.25, 0.3) is 0 Å². The van der Waals surface area contributed by atoms with Crippen molar-refractivity contribution in [3.8, 4) is 5.75 Å². The van der Waals surface area contributed by atoms with E-state index in [1.165, 1.54) is 0 Å². The molecule has 0 bridgehead atoms. The Labute approximate surface area is 106 Å². The molecule has 5 nitrogen and oxygen atoms in total. The van der Waals surface area contributed by atoms with Crippen LogP contribution in [0.15, 0.2) is 24.3 Å². The monoisotopic (exact) mass is 250 g/mol. The van der Waals surface area contributed by atoms with Crippen LogP contribution in [-0.4, -0.2) is 43.4 Å². The summed E-state index contributed by atoms with van der Waals surface area (Å²) >= 11 is 0. The second-order valence-electron chi connectivity index (χ2n) is 4.11. The first-order valence-electron chi connectivity index (χ1n) is 6.14. The van der Waals surface area contributed by atoms with Gasteiger partial charge in [-0.2, -0.15) is 0 Å². The number of benzene rings is 1. The zero-order valence-electron chi connectivity index (χ0n) is 10.4. The highest BCUT2D eigenvalue weighted by Gasteiger charge is 2.28. The minimum atomic E-state index is -0.503. The van der Waals surface area contributed by atoms with Gasteiger partial charge in [0, 0.05) is 18.8 Å². The Morgan fingerprint density at radius 2 is 2.17 bits per heavy atom. The van der Waals surface area contributed by atoms with E-state index in [2.05, 4.69) is 5.32 Å². The first-order valence-corrected chi connectivity index (χ1v) is 6.14. The molecule has 0 saturated carbocycles. The molecule has 1 aromatic rings. The summed E-state index contributed by atoms with van der Waals surface area (Å²) in [7, 11) is 0. The molecule has 1 atom stereocenters. The fraction of sp³-hybridized carbons (Fsp3) is 0.462. The normalized spacial score (nSPS) is 19.6. The van der Waals surface area contributed by atoms with E-state index in [1.54, 1.807) is 0 Å². The van der Waals surface area contributed by atoms with E-state index in [4.69, 9.17) is 4.74 Å². The zero-order chi connectivity index (χ0) is 13.0. The van der Waals surface area contributed by atoms with E-state index < -0.39 is 6.04 Å². The largest absolute Gasteiger partial charge is 0.494 e. The van der Waals surface area contributed by atoms with E-state index in [1.807, 2.05) is 36.1 Å². The van der Waals surface area contributed by atoms with Gasteiger partial charge in [-0.3, -0.25) is 4.79 Å². The quantitative estimate of drug-likeness (QED) is 0.811. The first-order chi connectivity index (χ1) is 8.76. The molecule has 1 heterocycles. The van der Waals surface area contributed by atoms with Gasteiger partial charge in [0.15, 0.2) is 0 Å². The van der Waals surface area contributed by atoms with Crippen LogP contribution in [0.1, 0.15) is 6.92 Å². The standard InChI is InChI=1S/C13H18N2O3/c1-2-18-11-5-3-10(4-6-11)15-8-7-14-13(17)12(15)9-16/h3-6,12,16H,2,7-9H2,1H3,(H,14,17). The molecule has 1 amide bonds. The third kappa shape index (κ3) is 2.56. The summed E-state index contributed by atoms with van der Waals surface area (Å²) in [4.78, 5) is 13.6. The van der Waals surface area contributed by atoms with Gasteiger partial charge in [0.25, 0.3) is 0 Å². The summed E-state index contributed by atoms with van der Waals surface area (Å²) in [5.41, 5.74) is 0.923. The van der Waals surface area contributed by atoms with Gasteiger partial charge in [0.1, 0.15) is 11.8 Å². The number of carbonyl (C=O) groups excluding carboxylic acids is 1. The molecule has 5 heteroatoms. The minimum Gasteiger partial charge on any atom is -0.494 e. The van der Waals surface area contributed by atoms with Crippen LogP contribution in [-0.2, 0) is 4.79 Å². The van der Waals surface area contributed by atoms with Gasteiger partial charge in [0.2, 0.25) is 5.91 Å². The van der Waals surface area contributed by atoms with E-state index in [0.29, 0.717) is 19.7 Å². The molecule has 0 aliphatic carbocycles. The molecule has 0 radical (unpaired) electrons. The molecular weight excluding hydrogens is 232 g/mol. The molecule has 0 spiro atoms. The number of hydrogen-bond acceptors (Lipinski definition) is 4. The lowest BCUT2D eigenvalue weighted by Crippen LogP contribution is -2.57. The van der Waals surface area contributed by atoms with Crippen molar-refractivity contribution >= 4 is 11.6 Å². The summed E-state index contributed by atoms with van der Waals surface area (Å²) in [5.74, 6) is 0.681. The first kappa shape index (κ1) is 12.7. The molecule has 98 valence electrons. The lowest BCUT2D eigenvalue weighted by atomic mass is 10.1. The number of carbonyl (C=O) groups is 1. The van der Waals surface area contributed by atoms with Crippen LogP contribution in [0.2, 0.25) is 0 Å². The van der Waals surface area contributed by atoms with E-state index >= 15 is 0 Å². The lowest BCUT2D eigenvalue weighted by Gasteiger charge is -2.35. The summed E-state index contributed by atoms with van der Waals surface area (Å²) in [6.07, 6.45) is 0. The van der Waals surface area contributed by atoms with Gasteiger partial charge in [0.05, 0.1) is 13.2 Å². The second kappa shape index (κ2) is 5.73. The molecule has 1 fully saturated rings. The fourth-order valence-corrected chi connectivity index (χ4v) is 2.11. The molecule has 18 heavy (non-hydrogen) atoms. The number of nitrogens with one attached hydrogen (secondary N) is 1. The van der Waals surface area contributed by atoms with Gasteiger partial charge in [-0.25, -0.2) is 0 Å². The molecule has 0 aromatic heterocycles. The maximum Gasteiger partial charge on any atom is 0.245 e. The molecule has 2 N–H and O–H groups in total. The van der Waals surface area contributed by atoms with Gasteiger partial charge in [-0.1, -0.05) is 0 Å². The van der Waals surface area contributed by atoms with Gasteiger partial charge >= 0.3 is 0 Å². The van der Waals surface area contributed by atoms with Gasteiger partial charge in [-0.05, 0) is 31.2 Å². The van der Waals surface area contributed by atoms with Crippen LogP contribution in [0.5, 0.6) is 5.75 Å². The summed E-state index contributed by atoms with van der Waals surface area (Å²) in [6.45, 7) is 3.68. The molecular formula is C13H18N2O3. The Morgan fingerprint density at radius 1 is 1.44 bits per heavy atom. The van der Waals surface area contributed by atoms with Gasteiger partial charge < -0.3 is 20.1 Å². The van der Waals surface area contributed by atoms with Crippen LogP contribution in [0.4, 0.5) is 5.69 Å². The third-order valence-corrected chi connectivity index (χ3v) is 2.98. The van der Waals surface area contributed by atoms with Crippen LogP contribution >= 0.6 is 0 Å². The predicted molar refractivity (Wildman–Crippen MR) is 68.8 cm³/mol. The number of rotatable bonds is 4. The maximum atomic E-state index is 11.6. The van der Waals surface area contributed by atoms with Gasteiger partial charge in [-0.15, -0.1) is 0 Å². The Balaban J connectivity index is 2.16. The molecule has 1 aliphatic heterocycles. The van der Waals surface area contributed by atoms with Crippen molar-refractivity contribution in [2.24, 2.45) is 0 Å². The van der Waals surface area contributed by atoms with Crippen molar-refractivity contribution in [2.45, 2.75) is 13.0 Å². The Morgan fingerprint density at radius 3 is 2.78 bits per heavy atom. The van der Waals surface area contributed by atoms with Crippen molar-refractivity contribution in [3.05, 3.63) is 24.3 Å². The number of piperazine rings is 1. The Kier molecular flexibility index (Phi) is 4.04. The van der Waals surface area contributed by atoms with Crippen molar-refractivity contribution < 1.29 is 14.6 Å². The number of aliphatic hydroxyl groups excluding tert-OH is 1. The molecule has 1 aromatic carbocycles. The number of anilines is 1. The van der Waals surface area contributed by atoms with Crippen molar-refractivity contribution in [1.29, 1.82) is 0 Å². The Hall–Kier alpha value is -1.75. The zero-order valence-corrected chi connectivity index (χ0v) is 10.4. The van der Waals surface area contributed by atoms with E-state index in [9.17, 15) is 9.90 Å². The number of amides is 1. The average Bonchev–Trinajstić information content (AvgIpc) is 2.40. The number of nitrogens with zero attached hydrogens (tertiary/aromatic N) is 1. The molecule has 1 saturated heterocycles. The topological polar surface area (TPSA) is 61.8 Å². The molecule has 2 rings (SSSR count). The highest BCUT2D eigenvalue weighted by atomic mass is 16.5. The van der Waals surface area contributed by atoms with Crippen molar-refractivity contribution in [2.75, 3.05) is 31.2 Å². The van der Waals surface area contributed by atoms with Crippen LogP contribution in [0, 0.1) is 0 Å². The van der Waals surface area contributed by atoms with E-state index in [-0.39, 0.29) is 12.5 Å². The fourth-order valence-electron chi connectivity index (χ4n) is 2.11. The summed E-state index contributed by atoms with van der Waals surface area (Å²) < 4.78 is 5.38. The SMILES string of the molecule is CCOc1ccc(N2CCNC(=O)C2CO)cc1. The number of ether oxygens (including phenoxy) is 1. The number of aliphatic hydroxyl groups is 1. The minimum absolute atomic E-state index is 0.127. The van der Waals surface area contributed by atoms with Crippen LogP contribution in [0.3, 0.4) is 0 Å². The number of hydrogen-bond donors (Lipinski definition) is 2. The van der Waals surface area contributed by atoms with Crippen LogP contribution < -0.4 is 15.0 Å². The summed E-state index contributed by atoms with van der Waals surface area (Å²) in [5, 5.41) is 12.1. The highest BCUT2D eigenvalue weighted by molar-refractivity contribution is 5.86. The van der Waals surface area contributed by atoms with Crippen molar-refractivity contribution in [3.63, 3.8) is 0 Å². The predicted octanol–water partition coefficient (Wildman–Crippen LogP) is 0.382. The highest BCUT2D eigenvalue weighted by Crippen LogP contribution is 2.22. The van der Waals surface area contributed by atoms with Crippen molar-refractivity contribution in [1.82, 2.24) is 5.32 Å². The average molecular weight is 250 g/mol. The smallest absolute Gasteiger partial charge is 0.245 e. The maximum absolute atomic E-state index is 11.6. The molecule has 1 unspecified atom stereocenters. The lowest BCUT2D eigenvalue weighted by molar-refractivity contribution is -0.124.